The summed E-state index contributed by atoms with van der Waals surface area (Å²) in [5.41, 5.74) is 1.97. The molecule has 1 N–H and O–H groups in total. The molecule has 0 saturated heterocycles. The molecule has 0 aromatic heterocycles. The Morgan fingerprint density at radius 2 is 1.42 bits per heavy atom. The first kappa shape index (κ1) is 22.2. The minimum Gasteiger partial charge on any atom is -0.493 e. The molecule has 162 valence electrons. The topological polar surface area (TPSA) is 73.9 Å². The molecule has 0 saturated carbocycles. The van der Waals surface area contributed by atoms with Crippen LogP contribution in [-0.4, -0.2) is 29.7 Å². The van der Waals surface area contributed by atoms with Crippen LogP contribution in [0.1, 0.15) is 11.1 Å². The van der Waals surface area contributed by atoms with Gasteiger partial charge in [0.1, 0.15) is 5.82 Å². The molecule has 0 aliphatic rings. The van der Waals surface area contributed by atoms with E-state index in [1.165, 1.54) is 19.2 Å². The third-order valence-electron chi connectivity index (χ3n) is 4.42. The molecular formula is C23H22FNO5S. The summed E-state index contributed by atoms with van der Waals surface area (Å²) in [6.07, 6.45) is 3.68. The number of benzene rings is 3. The predicted octanol–water partition coefficient (Wildman–Crippen LogP) is 4.82. The first-order valence-corrected chi connectivity index (χ1v) is 10.7. The Bertz CT molecular complexity index is 1170. The number of hydrogen-bond acceptors (Lipinski definition) is 5. The molecule has 0 amide bonds. The van der Waals surface area contributed by atoms with Crippen molar-refractivity contribution >= 4 is 27.9 Å². The molecule has 0 aliphatic carbocycles. The van der Waals surface area contributed by atoms with Crippen molar-refractivity contribution in [2.45, 2.75) is 4.90 Å². The van der Waals surface area contributed by atoms with E-state index in [0.717, 1.165) is 23.3 Å². The summed E-state index contributed by atoms with van der Waals surface area (Å²) in [5.74, 6) is 1.06. The molecule has 31 heavy (non-hydrogen) atoms. The second-order valence-electron chi connectivity index (χ2n) is 6.48. The summed E-state index contributed by atoms with van der Waals surface area (Å²) in [7, 11) is 0.795. The van der Waals surface area contributed by atoms with Crippen LogP contribution in [0.5, 0.6) is 17.2 Å². The number of halogens is 1. The van der Waals surface area contributed by atoms with Gasteiger partial charge in [-0.2, -0.15) is 0 Å². The standard InChI is InChI=1S/C23H22FNO5S/c1-28-21-14-17(15-22(29-2)23(21)30-3)8-7-16-5-4-6-19(13-16)25-31(26,27)20-11-9-18(24)10-12-20/h4-15,25H,1-3H3/b8-7-. The van der Waals surface area contributed by atoms with Gasteiger partial charge in [0, 0.05) is 5.69 Å². The Morgan fingerprint density at radius 1 is 0.806 bits per heavy atom. The van der Waals surface area contributed by atoms with E-state index < -0.39 is 15.8 Å². The van der Waals surface area contributed by atoms with Crippen LogP contribution in [-0.2, 0) is 10.0 Å². The van der Waals surface area contributed by atoms with Crippen molar-refractivity contribution in [1.82, 2.24) is 0 Å². The van der Waals surface area contributed by atoms with E-state index in [-0.39, 0.29) is 4.90 Å². The molecule has 0 spiro atoms. The largest absolute Gasteiger partial charge is 0.493 e. The Hall–Kier alpha value is -3.52. The van der Waals surface area contributed by atoms with Crippen LogP contribution >= 0.6 is 0 Å². The first-order valence-electron chi connectivity index (χ1n) is 9.23. The van der Waals surface area contributed by atoms with E-state index in [1.807, 2.05) is 18.2 Å². The molecule has 3 rings (SSSR count). The van der Waals surface area contributed by atoms with Crippen LogP contribution in [0.2, 0.25) is 0 Å². The third kappa shape index (κ3) is 5.35. The van der Waals surface area contributed by atoms with Crippen LogP contribution in [0.3, 0.4) is 0 Å². The summed E-state index contributed by atoms with van der Waals surface area (Å²) < 4.78 is 56.6. The van der Waals surface area contributed by atoms with Gasteiger partial charge in [0.05, 0.1) is 26.2 Å². The smallest absolute Gasteiger partial charge is 0.261 e. The first-order chi connectivity index (χ1) is 14.9. The molecule has 3 aromatic rings. The van der Waals surface area contributed by atoms with Crippen molar-refractivity contribution in [2.75, 3.05) is 26.1 Å². The quantitative estimate of drug-likeness (QED) is 0.505. The monoisotopic (exact) mass is 443 g/mol. The van der Waals surface area contributed by atoms with Crippen molar-refractivity contribution in [3.63, 3.8) is 0 Å². The van der Waals surface area contributed by atoms with Gasteiger partial charge in [0.2, 0.25) is 5.75 Å². The highest BCUT2D eigenvalue weighted by atomic mass is 32.2. The van der Waals surface area contributed by atoms with Crippen LogP contribution in [0.15, 0.2) is 65.6 Å². The van der Waals surface area contributed by atoms with E-state index in [1.54, 1.807) is 44.6 Å². The van der Waals surface area contributed by atoms with E-state index in [4.69, 9.17) is 14.2 Å². The van der Waals surface area contributed by atoms with Gasteiger partial charge in [0.15, 0.2) is 11.5 Å². The average Bonchev–Trinajstić information content (AvgIpc) is 2.77. The van der Waals surface area contributed by atoms with Gasteiger partial charge in [-0.25, -0.2) is 12.8 Å². The molecule has 8 heteroatoms. The molecule has 0 aliphatic heterocycles. The number of rotatable bonds is 8. The number of hydrogen-bond donors (Lipinski definition) is 1. The highest BCUT2D eigenvalue weighted by Crippen LogP contribution is 2.38. The summed E-state index contributed by atoms with van der Waals surface area (Å²) in [4.78, 5) is -0.0210. The molecule has 6 nitrogen and oxygen atoms in total. The lowest BCUT2D eigenvalue weighted by atomic mass is 10.1. The Labute approximate surface area is 180 Å². The third-order valence-corrected chi connectivity index (χ3v) is 5.82. The minimum atomic E-state index is -3.83. The zero-order valence-electron chi connectivity index (χ0n) is 17.3. The van der Waals surface area contributed by atoms with Crippen LogP contribution in [0.25, 0.3) is 12.2 Å². The zero-order chi connectivity index (χ0) is 22.4. The van der Waals surface area contributed by atoms with Gasteiger partial charge in [-0.1, -0.05) is 24.3 Å². The van der Waals surface area contributed by atoms with Crippen molar-refractivity contribution in [1.29, 1.82) is 0 Å². The maximum atomic E-state index is 13.1. The maximum absolute atomic E-state index is 13.1. The normalized spacial score (nSPS) is 11.4. The summed E-state index contributed by atoms with van der Waals surface area (Å²) in [5, 5.41) is 0. The van der Waals surface area contributed by atoms with E-state index >= 15 is 0 Å². The van der Waals surface area contributed by atoms with Crippen molar-refractivity contribution in [2.24, 2.45) is 0 Å². The number of anilines is 1. The van der Waals surface area contributed by atoms with Crippen LogP contribution < -0.4 is 18.9 Å². The number of methoxy groups -OCH3 is 3. The number of nitrogens with one attached hydrogen (secondary N) is 1. The highest BCUT2D eigenvalue weighted by molar-refractivity contribution is 7.92. The molecule has 0 fully saturated rings. The molecule has 3 aromatic carbocycles. The van der Waals surface area contributed by atoms with E-state index in [2.05, 4.69) is 4.72 Å². The fourth-order valence-electron chi connectivity index (χ4n) is 2.92. The highest BCUT2D eigenvalue weighted by Gasteiger charge is 2.14. The SMILES string of the molecule is COc1cc(/C=C\c2cccc(NS(=O)(=O)c3ccc(F)cc3)c2)cc(OC)c1OC. The summed E-state index contributed by atoms with van der Waals surface area (Å²) >= 11 is 0. The number of sulfonamides is 1. The second kappa shape index (κ2) is 9.53. The average molecular weight is 443 g/mol. The van der Waals surface area contributed by atoms with Gasteiger partial charge in [0.25, 0.3) is 10.0 Å². The predicted molar refractivity (Wildman–Crippen MR) is 119 cm³/mol. The summed E-state index contributed by atoms with van der Waals surface area (Å²) in [6, 6.07) is 15.1. The van der Waals surface area contributed by atoms with Gasteiger partial charge < -0.3 is 14.2 Å². The Balaban J connectivity index is 1.84. The van der Waals surface area contributed by atoms with Crippen molar-refractivity contribution < 1.29 is 27.0 Å². The van der Waals surface area contributed by atoms with Crippen LogP contribution in [0, 0.1) is 5.82 Å². The molecule has 0 atom stereocenters. The van der Waals surface area contributed by atoms with Crippen LogP contribution in [0.4, 0.5) is 10.1 Å². The molecule has 0 radical (unpaired) electrons. The lowest BCUT2D eigenvalue weighted by Gasteiger charge is -2.12. The fraction of sp³-hybridized carbons (Fsp3) is 0.130. The number of ether oxygens (including phenoxy) is 3. The van der Waals surface area contributed by atoms with Crippen molar-refractivity contribution in [3.8, 4) is 17.2 Å². The fourth-order valence-corrected chi connectivity index (χ4v) is 3.97. The van der Waals surface area contributed by atoms with Gasteiger partial charge >= 0.3 is 0 Å². The molecule has 0 bridgehead atoms. The lowest BCUT2D eigenvalue weighted by Crippen LogP contribution is -2.12. The van der Waals surface area contributed by atoms with Crippen molar-refractivity contribution in [3.05, 3.63) is 77.6 Å². The second-order valence-corrected chi connectivity index (χ2v) is 8.16. The molecular weight excluding hydrogens is 421 g/mol. The Morgan fingerprint density at radius 3 is 2.00 bits per heavy atom. The van der Waals surface area contributed by atoms with Gasteiger partial charge in [-0.05, 0) is 59.7 Å². The summed E-state index contributed by atoms with van der Waals surface area (Å²) in [6.45, 7) is 0. The lowest BCUT2D eigenvalue weighted by molar-refractivity contribution is 0.324. The van der Waals surface area contributed by atoms with Gasteiger partial charge in [-0.3, -0.25) is 4.72 Å². The molecule has 0 heterocycles. The minimum absolute atomic E-state index is 0.0210. The maximum Gasteiger partial charge on any atom is 0.261 e. The zero-order valence-corrected chi connectivity index (χ0v) is 18.1. The van der Waals surface area contributed by atoms with E-state index in [0.29, 0.717) is 22.9 Å². The molecule has 0 unspecified atom stereocenters. The van der Waals surface area contributed by atoms with E-state index in [9.17, 15) is 12.8 Å². The van der Waals surface area contributed by atoms with Gasteiger partial charge in [-0.15, -0.1) is 0 Å². The Kier molecular flexibility index (Phi) is 6.81.